The van der Waals surface area contributed by atoms with Gasteiger partial charge in [0.25, 0.3) is 0 Å². The van der Waals surface area contributed by atoms with Crippen LogP contribution in [-0.2, 0) is 35.7 Å². The molecule has 0 bridgehead atoms. The number of primary sulfonamides is 1. The highest BCUT2D eigenvalue weighted by Crippen LogP contribution is 2.54. The second-order valence-electron chi connectivity index (χ2n) is 11.2. The first kappa shape index (κ1) is 34.9. The number of amides is 3. The largest absolute Gasteiger partial charge is 0.493 e. The number of methoxy groups -OCH3 is 2. The molecule has 50 heavy (non-hydrogen) atoms. The number of aromatic nitrogens is 1. The van der Waals surface area contributed by atoms with Crippen LogP contribution in [0.2, 0.25) is 0 Å². The summed E-state index contributed by atoms with van der Waals surface area (Å²) in [5.74, 6) is -3.02. The van der Waals surface area contributed by atoms with E-state index >= 15 is 0 Å². The summed E-state index contributed by atoms with van der Waals surface area (Å²) in [5.41, 5.74) is 1.39. The van der Waals surface area contributed by atoms with E-state index in [2.05, 4.69) is 5.32 Å². The Bertz CT molecular complexity index is 2180. The van der Waals surface area contributed by atoms with E-state index in [0.29, 0.717) is 27.0 Å². The third-order valence-corrected chi connectivity index (χ3v) is 11.8. The van der Waals surface area contributed by atoms with Gasteiger partial charge >= 0.3 is 10.8 Å². The molecule has 4 aromatic rings. The van der Waals surface area contributed by atoms with Gasteiger partial charge in [-0.1, -0.05) is 29.2 Å². The van der Waals surface area contributed by atoms with Crippen LogP contribution < -0.4 is 29.7 Å². The number of anilines is 2. The van der Waals surface area contributed by atoms with Gasteiger partial charge < -0.3 is 19.5 Å². The molecule has 3 N–H and O–H groups in total. The highest BCUT2D eigenvalue weighted by Gasteiger charge is 2.57. The summed E-state index contributed by atoms with van der Waals surface area (Å²) in [4.78, 5) is 68.2. The van der Waals surface area contributed by atoms with Crippen molar-refractivity contribution < 1.29 is 41.8 Å². The fourth-order valence-corrected chi connectivity index (χ4v) is 9.24. The Kier molecular flexibility index (Phi) is 9.58. The Morgan fingerprint density at radius 1 is 0.920 bits per heavy atom. The van der Waals surface area contributed by atoms with Crippen LogP contribution in [0.5, 0.6) is 11.5 Å². The number of imide groups is 1. The molecule has 3 aromatic carbocycles. The lowest BCUT2D eigenvalue weighted by Gasteiger charge is -2.31. The zero-order valence-corrected chi connectivity index (χ0v) is 29.2. The number of nitrogens with one attached hydrogen (secondary N) is 1. The number of ether oxygens (including phenoxy) is 3. The van der Waals surface area contributed by atoms with Gasteiger partial charge in [-0.15, -0.1) is 0 Å². The van der Waals surface area contributed by atoms with E-state index in [4.69, 9.17) is 19.3 Å². The molecule has 2 unspecified atom stereocenters. The van der Waals surface area contributed by atoms with Crippen molar-refractivity contribution in [2.75, 3.05) is 31.0 Å². The van der Waals surface area contributed by atoms with Gasteiger partial charge in [0, 0.05) is 16.5 Å². The molecule has 1 fully saturated rings. The number of nitrogens with two attached hydrogens (primary N) is 1. The molecule has 14 nitrogen and oxygen atoms in total. The lowest BCUT2D eigenvalue weighted by molar-refractivity contribution is -0.122. The standard InChI is InChI=1S/C33H30N4O10S3/c1-4-47-32(41)17-5-10-20(11-6-17)37-29(39)26-25(18-7-14-22(45-2)23(15-18)46-3)28-31(48-27(26)30(37)40)36(33(42)49-28)16-24(38)35-19-8-12-21(13-9-19)50(34,43)44/h5-15,25-27H,4,16H2,1-3H3,(H,35,38)(H2,34,43,44)/t25-,26?,27?/m0/s1. The van der Waals surface area contributed by atoms with Gasteiger partial charge in [0.2, 0.25) is 27.7 Å². The molecule has 2 aliphatic rings. The molecule has 3 heterocycles. The quantitative estimate of drug-likeness (QED) is 0.179. The molecule has 0 radical (unpaired) electrons. The third-order valence-electron chi connectivity index (χ3n) is 8.22. The molecular formula is C33H30N4O10S3. The maximum atomic E-state index is 14.3. The minimum absolute atomic E-state index is 0.134. The minimum atomic E-state index is -3.93. The molecule has 17 heteroatoms. The van der Waals surface area contributed by atoms with E-state index in [1.807, 2.05) is 0 Å². The molecule has 0 saturated carbocycles. The van der Waals surface area contributed by atoms with Crippen LogP contribution in [0.15, 0.2) is 81.4 Å². The van der Waals surface area contributed by atoms with E-state index in [-0.39, 0.29) is 28.4 Å². The summed E-state index contributed by atoms with van der Waals surface area (Å²) >= 11 is 1.92. The van der Waals surface area contributed by atoms with E-state index in [0.717, 1.165) is 28.0 Å². The predicted octanol–water partition coefficient (Wildman–Crippen LogP) is 3.19. The van der Waals surface area contributed by atoms with Crippen LogP contribution in [0.1, 0.15) is 33.6 Å². The molecule has 3 atom stereocenters. The Morgan fingerprint density at radius 2 is 1.60 bits per heavy atom. The number of carbonyl (C=O) groups excluding carboxylic acids is 4. The van der Waals surface area contributed by atoms with Crippen molar-refractivity contribution in [3.63, 3.8) is 0 Å². The zero-order chi connectivity index (χ0) is 35.9. The van der Waals surface area contributed by atoms with Gasteiger partial charge in [-0.2, -0.15) is 0 Å². The van der Waals surface area contributed by atoms with E-state index in [1.165, 1.54) is 67.3 Å². The number of hydrogen-bond donors (Lipinski definition) is 2. The summed E-state index contributed by atoms with van der Waals surface area (Å²) in [5, 5.41) is 7.19. The number of fused-ring (bicyclic) bond motifs is 2. The molecule has 2 aliphatic heterocycles. The van der Waals surface area contributed by atoms with Crippen molar-refractivity contribution in [2.45, 2.75) is 34.6 Å². The first-order valence-electron chi connectivity index (χ1n) is 15.1. The van der Waals surface area contributed by atoms with Crippen LogP contribution in [0.3, 0.4) is 0 Å². The van der Waals surface area contributed by atoms with E-state index in [1.54, 1.807) is 25.1 Å². The molecular weight excluding hydrogens is 709 g/mol. The molecule has 0 aliphatic carbocycles. The number of benzene rings is 3. The van der Waals surface area contributed by atoms with Crippen LogP contribution >= 0.6 is 23.1 Å². The summed E-state index contributed by atoms with van der Waals surface area (Å²) in [6.07, 6.45) is 0. The van der Waals surface area contributed by atoms with Gasteiger partial charge in [-0.25, -0.2) is 23.3 Å². The van der Waals surface area contributed by atoms with Crippen LogP contribution in [0.25, 0.3) is 0 Å². The summed E-state index contributed by atoms with van der Waals surface area (Å²) in [6.45, 7) is 1.45. The Morgan fingerprint density at radius 3 is 2.22 bits per heavy atom. The van der Waals surface area contributed by atoms with Crippen molar-refractivity contribution >= 4 is 68.2 Å². The number of esters is 1. The summed E-state index contributed by atoms with van der Waals surface area (Å²) < 4.78 is 40.5. The number of thioether (sulfide) groups is 1. The Balaban J connectivity index is 1.38. The number of rotatable bonds is 10. The summed E-state index contributed by atoms with van der Waals surface area (Å²) in [7, 11) is -0.983. The van der Waals surface area contributed by atoms with Gasteiger partial charge in [-0.3, -0.25) is 23.7 Å². The van der Waals surface area contributed by atoms with Gasteiger partial charge in [-0.05, 0) is 73.2 Å². The third kappa shape index (κ3) is 6.39. The molecule has 260 valence electrons. The number of carbonyl (C=O) groups is 4. The Hall–Kier alpha value is -4.97. The SMILES string of the molecule is CCOC(=O)c1ccc(N2C(=O)C3Sc4c(sc(=O)n4CC(=O)Nc4ccc(S(N)(=O)=O)cc4)[C@@H](c4ccc(OC)c(OC)c4)C3C2=O)cc1. The predicted molar refractivity (Wildman–Crippen MR) is 184 cm³/mol. The van der Waals surface area contributed by atoms with Crippen LogP contribution in [-0.4, -0.2) is 62.8 Å². The normalized spacial score (nSPS) is 18.3. The molecule has 0 spiro atoms. The Labute approximate surface area is 294 Å². The minimum Gasteiger partial charge on any atom is -0.493 e. The topological polar surface area (TPSA) is 193 Å². The van der Waals surface area contributed by atoms with Gasteiger partial charge in [0.05, 0.1) is 47.9 Å². The average molecular weight is 739 g/mol. The maximum Gasteiger partial charge on any atom is 0.338 e. The lowest BCUT2D eigenvalue weighted by Crippen LogP contribution is -2.33. The molecule has 1 saturated heterocycles. The highest BCUT2D eigenvalue weighted by atomic mass is 32.2. The smallest absolute Gasteiger partial charge is 0.338 e. The molecule has 1 aromatic heterocycles. The average Bonchev–Trinajstić information content (AvgIpc) is 3.53. The number of sulfonamides is 1. The van der Waals surface area contributed by atoms with Crippen molar-refractivity contribution in [2.24, 2.45) is 11.1 Å². The molecule has 3 amide bonds. The van der Waals surface area contributed by atoms with Gasteiger partial charge in [0.15, 0.2) is 11.5 Å². The fourth-order valence-electron chi connectivity index (χ4n) is 5.95. The van der Waals surface area contributed by atoms with Crippen molar-refractivity contribution in [3.8, 4) is 11.5 Å². The number of hydrogen-bond acceptors (Lipinski definition) is 12. The summed E-state index contributed by atoms with van der Waals surface area (Å²) in [6, 6.07) is 16.3. The van der Waals surface area contributed by atoms with Crippen LogP contribution in [0.4, 0.5) is 11.4 Å². The first-order valence-corrected chi connectivity index (χ1v) is 18.3. The maximum absolute atomic E-state index is 14.3. The van der Waals surface area contributed by atoms with Crippen molar-refractivity contribution in [1.29, 1.82) is 0 Å². The fraction of sp³-hybridized carbons (Fsp3) is 0.242. The monoisotopic (exact) mass is 738 g/mol. The number of thiazole rings is 1. The molecule has 6 rings (SSSR count). The zero-order valence-electron chi connectivity index (χ0n) is 26.8. The highest BCUT2D eigenvalue weighted by molar-refractivity contribution is 8.00. The lowest BCUT2D eigenvalue weighted by atomic mass is 9.83. The van der Waals surface area contributed by atoms with Crippen molar-refractivity contribution in [3.05, 3.63) is 92.4 Å². The van der Waals surface area contributed by atoms with E-state index in [9.17, 15) is 32.4 Å². The first-order chi connectivity index (χ1) is 23.9. The second kappa shape index (κ2) is 13.7. The van der Waals surface area contributed by atoms with Crippen molar-refractivity contribution in [1.82, 2.24) is 4.57 Å². The van der Waals surface area contributed by atoms with Gasteiger partial charge in [0.1, 0.15) is 11.8 Å². The second-order valence-corrected chi connectivity index (χ2v) is 14.9. The number of nitrogens with zero attached hydrogens (tertiary/aromatic N) is 2. The van der Waals surface area contributed by atoms with E-state index < -0.39 is 62.2 Å². The van der Waals surface area contributed by atoms with Crippen LogP contribution in [0, 0.1) is 5.92 Å².